The van der Waals surface area contributed by atoms with Gasteiger partial charge in [0.1, 0.15) is 18.1 Å². The van der Waals surface area contributed by atoms with Gasteiger partial charge in [0.25, 0.3) is 5.91 Å². The van der Waals surface area contributed by atoms with E-state index in [4.69, 9.17) is 5.73 Å². The van der Waals surface area contributed by atoms with Crippen molar-refractivity contribution in [2.24, 2.45) is 39.7 Å². The van der Waals surface area contributed by atoms with Crippen LogP contribution in [0.4, 0.5) is 4.79 Å². The number of piperidine rings is 1. The molecule has 0 aromatic heterocycles. The summed E-state index contributed by atoms with van der Waals surface area (Å²) in [4.78, 5) is 81.2. The number of Topliss-reactive ketones (excluding diaryl/α,β-unsaturated/α-hetero) is 1. The van der Waals surface area contributed by atoms with E-state index in [1.54, 1.807) is 0 Å². The zero-order valence-electron chi connectivity index (χ0n) is 29.6. The fourth-order valence-electron chi connectivity index (χ4n) is 7.22. The Bertz CT molecular complexity index is 1410. The number of amides is 6. The topological polar surface area (TPSA) is 180 Å². The van der Waals surface area contributed by atoms with E-state index in [0.717, 1.165) is 24.8 Å². The number of urea groups is 1. The van der Waals surface area contributed by atoms with E-state index in [2.05, 4.69) is 21.3 Å². The molecule has 1 aromatic rings. The summed E-state index contributed by atoms with van der Waals surface area (Å²) in [5, 5.41) is 11.3. The number of nitrogens with two attached hydrogens (primary N) is 1. The molecule has 6 N–H and O–H groups in total. The number of fused-ring (bicyclic) bond motifs is 1. The van der Waals surface area contributed by atoms with E-state index < -0.39 is 64.5 Å². The summed E-state index contributed by atoms with van der Waals surface area (Å²) in [5.41, 5.74) is 4.64. The van der Waals surface area contributed by atoms with Gasteiger partial charge >= 0.3 is 6.03 Å². The normalized spacial score (nSPS) is 23.4. The van der Waals surface area contributed by atoms with Crippen molar-refractivity contribution in [3.05, 3.63) is 35.9 Å². The summed E-state index contributed by atoms with van der Waals surface area (Å²) >= 11 is 0. The first-order chi connectivity index (χ1) is 22.2. The van der Waals surface area contributed by atoms with Gasteiger partial charge < -0.3 is 31.9 Å². The summed E-state index contributed by atoms with van der Waals surface area (Å²) in [6.07, 6.45) is 3.18. The molecule has 12 nitrogen and oxygen atoms in total. The molecule has 6 amide bonds. The third-order valence-corrected chi connectivity index (χ3v) is 10.5. The number of likely N-dealkylation sites (tertiary alicyclic amines) is 1. The standard InChI is InChI=1S/C36H54N6O6/c1-34(2,3)27(31(46)38-18-21-13-10-9-11-14-21)40-33(48)41-28(35(4,5)6)32(47)42-19-22-24(36(22,7)8)25(42)30(45)39-23(26(43)29(37)44)17-20-15-12-16-20/h9-11,13-14,20,22-25,27-28H,12,15-19H2,1-8H3,(H2,37,44)(H,38,46)(H,39,45)(H2,40,41,48)/t22-,23?,24-,25-,27+,28+/m0/s1. The van der Waals surface area contributed by atoms with E-state index in [9.17, 15) is 28.8 Å². The molecule has 1 saturated heterocycles. The summed E-state index contributed by atoms with van der Waals surface area (Å²) < 4.78 is 0. The fourth-order valence-corrected chi connectivity index (χ4v) is 7.22. The molecular formula is C36H54N6O6. The minimum atomic E-state index is -1.10. The van der Waals surface area contributed by atoms with Crippen LogP contribution in [0.15, 0.2) is 30.3 Å². The smallest absolute Gasteiger partial charge is 0.316 e. The highest BCUT2D eigenvalue weighted by molar-refractivity contribution is 6.37. The molecular weight excluding hydrogens is 612 g/mol. The van der Waals surface area contributed by atoms with Gasteiger partial charge in [-0.15, -0.1) is 0 Å². The molecule has 1 unspecified atom stereocenters. The number of rotatable bonds is 12. The summed E-state index contributed by atoms with van der Waals surface area (Å²) in [6, 6.07) is 4.87. The molecule has 4 rings (SSSR count). The predicted molar refractivity (Wildman–Crippen MR) is 181 cm³/mol. The zero-order valence-corrected chi connectivity index (χ0v) is 29.6. The molecule has 3 aliphatic rings. The number of ketones is 1. The lowest BCUT2D eigenvalue weighted by Crippen LogP contribution is -2.63. The Morgan fingerprint density at radius 1 is 0.896 bits per heavy atom. The number of nitrogens with one attached hydrogen (secondary N) is 4. The van der Waals surface area contributed by atoms with Gasteiger partial charge in [-0.05, 0) is 46.0 Å². The van der Waals surface area contributed by atoms with Crippen molar-refractivity contribution in [1.82, 2.24) is 26.2 Å². The molecule has 2 saturated carbocycles. The van der Waals surface area contributed by atoms with E-state index in [1.807, 2.05) is 85.7 Å². The molecule has 0 spiro atoms. The lowest BCUT2D eigenvalue weighted by atomic mass is 9.80. The number of hydrogen-bond donors (Lipinski definition) is 5. The van der Waals surface area contributed by atoms with Crippen molar-refractivity contribution in [1.29, 1.82) is 0 Å². The fraction of sp³-hybridized carbons (Fsp3) is 0.667. The van der Waals surface area contributed by atoms with Gasteiger partial charge in [-0.2, -0.15) is 0 Å². The second kappa shape index (κ2) is 13.9. The molecule has 1 heterocycles. The molecule has 2 aliphatic carbocycles. The Morgan fingerprint density at radius 3 is 2.00 bits per heavy atom. The van der Waals surface area contributed by atoms with Crippen LogP contribution in [0.3, 0.4) is 0 Å². The number of primary amides is 1. The number of hydrogen-bond acceptors (Lipinski definition) is 6. The van der Waals surface area contributed by atoms with E-state index >= 15 is 0 Å². The third kappa shape index (κ3) is 8.18. The van der Waals surface area contributed by atoms with Crippen molar-refractivity contribution in [3.8, 4) is 0 Å². The first-order valence-electron chi connectivity index (χ1n) is 17.1. The molecule has 12 heteroatoms. The van der Waals surface area contributed by atoms with Gasteiger partial charge in [0.2, 0.25) is 23.5 Å². The van der Waals surface area contributed by atoms with Crippen LogP contribution in [0.25, 0.3) is 0 Å². The molecule has 264 valence electrons. The molecule has 1 aliphatic heterocycles. The summed E-state index contributed by atoms with van der Waals surface area (Å²) in [6.45, 7) is 15.7. The highest BCUT2D eigenvalue weighted by atomic mass is 16.2. The minimum absolute atomic E-state index is 0.0575. The summed E-state index contributed by atoms with van der Waals surface area (Å²) in [7, 11) is 0. The van der Waals surface area contributed by atoms with Crippen LogP contribution in [-0.2, 0) is 30.5 Å². The second-order valence-electron chi connectivity index (χ2n) is 16.6. The van der Waals surface area contributed by atoms with E-state index in [0.29, 0.717) is 19.5 Å². The highest BCUT2D eigenvalue weighted by Gasteiger charge is 2.70. The summed E-state index contributed by atoms with van der Waals surface area (Å²) in [5.74, 6) is -3.11. The van der Waals surface area contributed by atoms with Crippen molar-refractivity contribution in [2.75, 3.05) is 6.54 Å². The van der Waals surface area contributed by atoms with Crippen LogP contribution in [-0.4, -0.2) is 71.1 Å². The Labute approximate surface area is 284 Å². The minimum Gasteiger partial charge on any atom is -0.363 e. The number of carbonyl (C=O) groups excluding carboxylic acids is 6. The van der Waals surface area contributed by atoms with Crippen LogP contribution in [0.5, 0.6) is 0 Å². The second-order valence-corrected chi connectivity index (χ2v) is 16.6. The number of nitrogens with zero attached hydrogens (tertiary/aromatic N) is 1. The van der Waals surface area contributed by atoms with E-state index in [1.165, 1.54) is 4.90 Å². The van der Waals surface area contributed by atoms with Crippen LogP contribution in [0, 0.1) is 34.0 Å². The lowest BCUT2D eigenvalue weighted by Gasteiger charge is -2.38. The molecule has 1 aromatic carbocycles. The van der Waals surface area contributed by atoms with Crippen LogP contribution < -0.4 is 27.0 Å². The molecule has 0 bridgehead atoms. The number of carbonyl (C=O) groups is 6. The Kier molecular flexibility index (Phi) is 10.7. The quantitative estimate of drug-likeness (QED) is 0.214. The SMILES string of the molecule is CC(C)(C)[C@H](NC(=O)N[C@H](C(=O)N1C[C@H]2[C@@H]([C@H]1C(=O)NC(CC1CCC1)C(=O)C(N)=O)C2(C)C)C(C)(C)C)C(=O)NCc1ccccc1. The highest BCUT2D eigenvalue weighted by Crippen LogP contribution is 2.65. The third-order valence-electron chi connectivity index (χ3n) is 10.5. The first-order valence-corrected chi connectivity index (χ1v) is 17.1. The average Bonchev–Trinajstić information content (AvgIpc) is 3.28. The Balaban J connectivity index is 1.50. The maximum atomic E-state index is 14.3. The molecule has 6 atom stereocenters. The van der Waals surface area contributed by atoms with Crippen LogP contribution in [0.1, 0.15) is 86.6 Å². The van der Waals surface area contributed by atoms with Crippen molar-refractivity contribution in [2.45, 2.75) is 112 Å². The predicted octanol–water partition coefficient (Wildman–Crippen LogP) is 2.64. The monoisotopic (exact) mass is 666 g/mol. The van der Waals surface area contributed by atoms with Crippen LogP contribution in [0.2, 0.25) is 0 Å². The maximum absolute atomic E-state index is 14.3. The Hall–Kier alpha value is -3.96. The van der Waals surface area contributed by atoms with Gasteiger partial charge in [0, 0.05) is 13.1 Å². The molecule has 0 radical (unpaired) electrons. The van der Waals surface area contributed by atoms with Gasteiger partial charge in [-0.3, -0.25) is 24.0 Å². The molecule has 3 fully saturated rings. The maximum Gasteiger partial charge on any atom is 0.316 e. The Morgan fingerprint density at radius 2 is 1.48 bits per heavy atom. The molecule has 48 heavy (non-hydrogen) atoms. The zero-order chi connectivity index (χ0) is 35.8. The van der Waals surface area contributed by atoms with Crippen molar-refractivity contribution in [3.63, 3.8) is 0 Å². The van der Waals surface area contributed by atoms with Gasteiger partial charge in [-0.1, -0.05) is 105 Å². The lowest BCUT2D eigenvalue weighted by molar-refractivity contribution is -0.145. The average molecular weight is 667 g/mol. The first kappa shape index (κ1) is 36.9. The largest absolute Gasteiger partial charge is 0.363 e. The number of benzene rings is 1. The van der Waals surface area contributed by atoms with E-state index in [-0.39, 0.29) is 29.1 Å². The van der Waals surface area contributed by atoms with Crippen LogP contribution >= 0.6 is 0 Å². The van der Waals surface area contributed by atoms with Crippen molar-refractivity contribution >= 4 is 35.4 Å². The van der Waals surface area contributed by atoms with Gasteiger partial charge in [0.15, 0.2) is 0 Å². The van der Waals surface area contributed by atoms with Gasteiger partial charge in [-0.25, -0.2) is 4.79 Å². The van der Waals surface area contributed by atoms with Crippen molar-refractivity contribution < 1.29 is 28.8 Å². The van der Waals surface area contributed by atoms with Gasteiger partial charge in [0.05, 0.1) is 6.04 Å².